The summed E-state index contributed by atoms with van der Waals surface area (Å²) in [5.41, 5.74) is 2.02. The van der Waals surface area contributed by atoms with Gasteiger partial charge in [0.25, 0.3) is 10.0 Å². The zero-order chi connectivity index (χ0) is 19.3. The number of amides is 1. The van der Waals surface area contributed by atoms with Gasteiger partial charge in [-0.1, -0.05) is 19.1 Å². The highest BCUT2D eigenvalue weighted by Gasteiger charge is 2.38. The summed E-state index contributed by atoms with van der Waals surface area (Å²) in [4.78, 5) is 26.7. The fourth-order valence-electron chi connectivity index (χ4n) is 3.50. The van der Waals surface area contributed by atoms with E-state index in [9.17, 15) is 18.0 Å². The minimum atomic E-state index is -3.89. The molecule has 0 aromatic heterocycles. The maximum absolute atomic E-state index is 13.0. The normalized spacial score (nSPS) is 18.4. The van der Waals surface area contributed by atoms with Crippen molar-refractivity contribution in [3.05, 3.63) is 47.5 Å². The van der Waals surface area contributed by atoms with Gasteiger partial charge in [0.15, 0.2) is 5.78 Å². The summed E-state index contributed by atoms with van der Waals surface area (Å²) in [7, 11) is -3.89. The molecule has 0 saturated heterocycles. The molecule has 0 spiro atoms. The molecule has 6 nitrogen and oxygen atoms in total. The van der Waals surface area contributed by atoms with Crippen LogP contribution in [0.1, 0.15) is 29.8 Å². The Balaban J connectivity index is 1.75. The predicted molar refractivity (Wildman–Crippen MR) is 105 cm³/mol. The van der Waals surface area contributed by atoms with E-state index in [0.29, 0.717) is 23.4 Å². The average Bonchev–Trinajstić information content (AvgIpc) is 2.92. The SMILES string of the molecule is CC(=O)c1cccc(NS(=O)(=O)c2ccc3c4c2CC(=O)N4C[C@H](C)S3)c1. The molecule has 4 rings (SSSR count). The molecule has 2 aliphatic rings. The zero-order valence-corrected chi connectivity index (χ0v) is 16.5. The molecule has 0 unspecified atom stereocenters. The van der Waals surface area contributed by atoms with Gasteiger partial charge in [-0.05, 0) is 31.2 Å². The highest BCUT2D eigenvalue weighted by Crippen LogP contribution is 2.46. The standard InChI is InChI=1S/C19H18N2O4S2/c1-11-10-21-18(23)9-15-17(7-6-16(26-11)19(15)21)27(24,25)20-14-5-3-4-13(8-14)12(2)22/h3-8,11,20H,9-10H2,1-2H3/t11-/m0/s1. The smallest absolute Gasteiger partial charge is 0.262 e. The van der Waals surface area contributed by atoms with Crippen LogP contribution in [0.15, 0.2) is 46.2 Å². The number of Topliss-reactive ketones (excluding diaryl/α,β-unsaturated/α-hetero) is 1. The Hall–Kier alpha value is -2.32. The van der Waals surface area contributed by atoms with Gasteiger partial charge in [0.1, 0.15) is 0 Å². The van der Waals surface area contributed by atoms with E-state index >= 15 is 0 Å². The van der Waals surface area contributed by atoms with E-state index in [-0.39, 0.29) is 28.3 Å². The van der Waals surface area contributed by atoms with Gasteiger partial charge in [0.05, 0.1) is 17.0 Å². The number of sulfonamides is 1. The van der Waals surface area contributed by atoms with Crippen LogP contribution >= 0.6 is 11.8 Å². The number of nitrogens with one attached hydrogen (secondary N) is 1. The summed E-state index contributed by atoms with van der Waals surface area (Å²) in [5.74, 6) is -0.213. The number of carbonyl (C=O) groups excluding carboxylic acids is 2. The lowest BCUT2D eigenvalue weighted by atomic mass is 10.1. The third-order valence-corrected chi connectivity index (χ3v) is 7.28. The van der Waals surface area contributed by atoms with Crippen LogP contribution in [-0.4, -0.2) is 31.9 Å². The molecule has 2 aromatic rings. The zero-order valence-electron chi connectivity index (χ0n) is 14.9. The number of carbonyl (C=O) groups is 2. The summed E-state index contributed by atoms with van der Waals surface area (Å²) in [5, 5.41) is 0.266. The van der Waals surface area contributed by atoms with Crippen molar-refractivity contribution in [2.45, 2.75) is 35.3 Å². The van der Waals surface area contributed by atoms with Crippen molar-refractivity contribution < 1.29 is 18.0 Å². The Morgan fingerprint density at radius 1 is 1.26 bits per heavy atom. The Morgan fingerprint density at radius 3 is 2.78 bits per heavy atom. The van der Waals surface area contributed by atoms with Gasteiger partial charge in [-0.15, -0.1) is 11.8 Å². The van der Waals surface area contributed by atoms with Crippen LogP contribution in [0.3, 0.4) is 0 Å². The van der Waals surface area contributed by atoms with Crippen LogP contribution in [0.5, 0.6) is 0 Å². The van der Waals surface area contributed by atoms with Crippen LogP contribution in [0.25, 0.3) is 0 Å². The first-order chi connectivity index (χ1) is 12.8. The van der Waals surface area contributed by atoms with Crippen molar-refractivity contribution in [1.29, 1.82) is 0 Å². The van der Waals surface area contributed by atoms with Crippen molar-refractivity contribution in [1.82, 2.24) is 0 Å². The first kappa shape index (κ1) is 18.1. The number of benzene rings is 2. The molecule has 0 bridgehead atoms. The lowest BCUT2D eigenvalue weighted by Gasteiger charge is -2.29. The molecular weight excluding hydrogens is 384 g/mol. The number of hydrogen-bond donors (Lipinski definition) is 1. The van der Waals surface area contributed by atoms with Gasteiger partial charge < -0.3 is 4.90 Å². The lowest BCUT2D eigenvalue weighted by Crippen LogP contribution is -2.35. The maximum atomic E-state index is 13.0. The molecule has 1 atom stereocenters. The van der Waals surface area contributed by atoms with E-state index in [1.54, 1.807) is 47.0 Å². The van der Waals surface area contributed by atoms with Gasteiger partial charge >= 0.3 is 0 Å². The largest absolute Gasteiger partial charge is 0.310 e. The number of rotatable bonds is 4. The van der Waals surface area contributed by atoms with E-state index in [0.717, 1.165) is 10.6 Å². The minimum absolute atomic E-state index is 0.0698. The van der Waals surface area contributed by atoms with Crippen LogP contribution in [-0.2, 0) is 21.2 Å². The van der Waals surface area contributed by atoms with E-state index in [4.69, 9.17) is 0 Å². The van der Waals surface area contributed by atoms with Gasteiger partial charge in [0, 0.05) is 33.5 Å². The van der Waals surface area contributed by atoms with Gasteiger partial charge in [-0.2, -0.15) is 0 Å². The van der Waals surface area contributed by atoms with Crippen LogP contribution in [0.4, 0.5) is 11.4 Å². The van der Waals surface area contributed by atoms with Crippen molar-refractivity contribution in [2.75, 3.05) is 16.2 Å². The highest BCUT2D eigenvalue weighted by molar-refractivity contribution is 8.00. The second kappa shape index (κ2) is 6.38. The number of anilines is 2. The predicted octanol–water partition coefficient (Wildman–Crippen LogP) is 3.07. The lowest BCUT2D eigenvalue weighted by molar-refractivity contribution is -0.117. The van der Waals surface area contributed by atoms with Crippen LogP contribution < -0.4 is 9.62 Å². The summed E-state index contributed by atoms with van der Waals surface area (Å²) in [6.45, 7) is 4.06. The van der Waals surface area contributed by atoms with Crippen molar-refractivity contribution in [2.24, 2.45) is 0 Å². The van der Waals surface area contributed by atoms with Crippen LogP contribution in [0, 0.1) is 0 Å². The molecule has 0 saturated carbocycles. The Morgan fingerprint density at radius 2 is 2.04 bits per heavy atom. The summed E-state index contributed by atoms with van der Waals surface area (Å²) >= 11 is 1.65. The van der Waals surface area contributed by atoms with E-state index in [1.165, 1.54) is 13.0 Å². The molecule has 1 amide bonds. The first-order valence-corrected chi connectivity index (χ1v) is 10.9. The van der Waals surface area contributed by atoms with Crippen molar-refractivity contribution >= 4 is 44.9 Å². The van der Waals surface area contributed by atoms with E-state index < -0.39 is 10.0 Å². The van der Waals surface area contributed by atoms with Gasteiger partial charge in [0.2, 0.25) is 5.91 Å². The average molecular weight is 402 g/mol. The number of nitrogens with zero attached hydrogens (tertiary/aromatic N) is 1. The number of thioether (sulfide) groups is 1. The Bertz CT molecular complexity index is 1080. The van der Waals surface area contributed by atoms with Gasteiger partial charge in [-0.3, -0.25) is 14.3 Å². The molecule has 2 aromatic carbocycles. The quantitative estimate of drug-likeness (QED) is 0.795. The van der Waals surface area contributed by atoms with Crippen molar-refractivity contribution in [3.8, 4) is 0 Å². The molecule has 27 heavy (non-hydrogen) atoms. The molecule has 2 aliphatic heterocycles. The number of ketones is 1. The Kier molecular flexibility index (Phi) is 4.27. The first-order valence-electron chi connectivity index (χ1n) is 8.53. The molecule has 140 valence electrons. The van der Waals surface area contributed by atoms with Crippen LogP contribution in [0.2, 0.25) is 0 Å². The summed E-state index contributed by atoms with van der Waals surface area (Å²) in [6.07, 6.45) is 0.0835. The molecule has 2 heterocycles. The highest BCUT2D eigenvalue weighted by atomic mass is 32.2. The summed E-state index contributed by atoms with van der Waals surface area (Å²) < 4.78 is 28.5. The molecular formula is C19H18N2O4S2. The molecule has 8 heteroatoms. The Labute approximate surface area is 162 Å². The molecule has 1 N–H and O–H groups in total. The second-order valence-electron chi connectivity index (χ2n) is 6.74. The fraction of sp³-hybridized carbons (Fsp3) is 0.263. The topological polar surface area (TPSA) is 83.5 Å². The molecule has 0 radical (unpaired) electrons. The monoisotopic (exact) mass is 402 g/mol. The number of hydrogen-bond acceptors (Lipinski definition) is 5. The third-order valence-electron chi connectivity index (χ3n) is 4.68. The summed E-state index contributed by atoms with van der Waals surface area (Å²) in [6, 6.07) is 9.69. The van der Waals surface area contributed by atoms with E-state index in [2.05, 4.69) is 4.72 Å². The van der Waals surface area contributed by atoms with E-state index in [1.807, 2.05) is 6.92 Å². The third kappa shape index (κ3) is 3.12. The second-order valence-corrected chi connectivity index (χ2v) is 9.87. The molecule has 0 fully saturated rings. The fourth-order valence-corrected chi connectivity index (χ4v) is 5.93. The van der Waals surface area contributed by atoms with Crippen molar-refractivity contribution in [3.63, 3.8) is 0 Å². The van der Waals surface area contributed by atoms with Gasteiger partial charge in [-0.25, -0.2) is 8.42 Å². The maximum Gasteiger partial charge on any atom is 0.262 e. The molecule has 0 aliphatic carbocycles. The minimum Gasteiger partial charge on any atom is -0.310 e.